The lowest BCUT2D eigenvalue weighted by atomic mass is 10.1. The summed E-state index contributed by atoms with van der Waals surface area (Å²) in [4.78, 5) is 27.9. The zero-order chi connectivity index (χ0) is 26.9. The first kappa shape index (κ1) is 27.3. The molecule has 0 fully saturated rings. The van der Waals surface area contributed by atoms with Gasteiger partial charge in [0.2, 0.25) is 6.10 Å². The molecule has 3 rings (SSSR count). The van der Waals surface area contributed by atoms with E-state index in [1.807, 2.05) is 81.7 Å². The van der Waals surface area contributed by atoms with E-state index in [2.05, 4.69) is 0 Å². The van der Waals surface area contributed by atoms with E-state index in [1.54, 1.807) is 29.2 Å². The van der Waals surface area contributed by atoms with Crippen LogP contribution in [0.15, 0.2) is 66.2 Å². The maximum atomic E-state index is 13.2. The quantitative estimate of drug-likeness (QED) is 0.207. The van der Waals surface area contributed by atoms with Gasteiger partial charge in [-0.05, 0) is 76.6 Å². The number of aromatic nitrogens is 1. The number of carbonyl (C=O) groups is 2. The van der Waals surface area contributed by atoms with Gasteiger partial charge in [0.05, 0.1) is 6.61 Å². The zero-order valence-electron chi connectivity index (χ0n) is 22.0. The van der Waals surface area contributed by atoms with E-state index in [9.17, 15) is 14.9 Å². The molecule has 0 bridgehead atoms. The van der Waals surface area contributed by atoms with Crippen LogP contribution in [0.25, 0.3) is 11.8 Å². The zero-order valence-corrected chi connectivity index (χ0v) is 22.0. The Morgan fingerprint density at radius 1 is 1.03 bits per heavy atom. The first-order valence-corrected chi connectivity index (χ1v) is 12.4. The molecule has 1 aromatic heterocycles. The summed E-state index contributed by atoms with van der Waals surface area (Å²) in [5.74, 6) is -0.381. The molecule has 0 N–H and O–H groups in total. The molecule has 0 saturated carbocycles. The standard InChI is InChI=1S/C30H33N3O4/c1-6-32(7-2)29(34)28(23-12-10-9-11-13-23)37-30(35)25(20-31)19-24-18-21(4)33(22(24)5)26-14-16-27(17-15-26)36-8-3/h9-19,28H,6-8H2,1-5H3/b25-19+. The molecule has 0 spiro atoms. The van der Waals surface area contributed by atoms with Crippen LogP contribution in [-0.2, 0) is 14.3 Å². The fourth-order valence-electron chi connectivity index (χ4n) is 4.24. The third-order valence-electron chi connectivity index (χ3n) is 6.14. The van der Waals surface area contributed by atoms with Gasteiger partial charge in [-0.3, -0.25) is 4.79 Å². The van der Waals surface area contributed by atoms with Crippen molar-refractivity contribution < 1.29 is 19.1 Å². The van der Waals surface area contributed by atoms with Gasteiger partial charge < -0.3 is 18.9 Å². The van der Waals surface area contributed by atoms with Crippen molar-refractivity contribution in [3.63, 3.8) is 0 Å². The Morgan fingerprint density at radius 3 is 2.24 bits per heavy atom. The second-order valence-electron chi connectivity index (χ2n) is 8.47. The Kier molecular flexibility index (Phi) is 9.28. The van der Waals surface area contributed by atoms with Crippen LogP contribution in [0.5, 0.6) is 5.75 Å². The molecule has 0 saturated heterocycles. The Hall–Kier alpha value is -4.31. The minimum Gasteiger partial charge on any atom is -0.494 e. The number of hydrogen-bond acceptors (Lipinski definition) is 5. The first-order valence-electron chi connectivity index (χ1n) is 12.4. The number of nitrogens with zero attached hydrogens (tertiary/aromatic N) is 3. The molecule has 0 aliphatic rings. The van der Waals surface area contributed by atoms with Crippen molar-refractivity contribution in [2.45, 2.75) is 40.7 Å². The van der Waals surface area contributed by atoms with E-state index >= 15 is 0 Å². The van der Waals surface area contributed by atoms with Crippen LogP contribution in [0, 0.1) is 25.2 Å². The second kappa shape index (κ2) is 12.6. The highest BCUT2D eigenvalue weighted by atomic mass is 16.5. The Labute approximate surface area is 218 Å². The van der Waals surface area contributed by atoms with Crippen molar-refractivity contribution in [2.75, 3.05) is 19.7 Å². The van der Waals surface area contributed by atoms with Crippen molar-refractivity contribution in [2.24, 2.45) is 0 Å². The Bertz CT molecular complexity index is 1300. The van der Waals surface area contributed by atoms with Crippen LogP contribution in [0.3, 0.4) is 0 Å². The highest BCUT2D eigenvalue weighted by Crippen LogP contribution is 2.26. The maximum Gasteiger partial charge on any atom is 0.350 e. The molecule has 0 radical (unpaired) electrons. The van der Waals surface area contributed by atoms with Gasteiger partial charge in [-0.1, -0.05) is 30.3 Å². The SMILES string of the molecule is CCOc1ccc(-n2c(C)cc(/C=C(\C#N)C(=O)OC(C(=O)N(CC)CC)c3ccccc3)c2C)cc1. The Balaban J connectivity index is 1.92. The predicted octanol–water partition coefficient (Wildman–Crippen LogP) is 5.55. The molecule has 1 amide bonds. The molecule has 1 heterocycles. The third-order valence-corrected chi connectivity index (χ3v) is 6.14. The molecular weight excluding hydrogens is 466 g/mol. The molecule has 37 heavy (non-hydrogen) atoms. The fraction of sp³-hybridized carbons (Fsp3) is 0.300. The average Bonchev–Trinajstić information content (AvgIpc) is 3.19. The van der Waals surface area contributed by atoms with E-state index in [0.29, 0.717) is 30.8 Å². The Morgan fingerprint density at radius 2 is 1.68 bits per heavy atom. The maximum absolute atomic E-state index is 13.2. The normalized spacial score (nSPS) is 11.9. The summed E-state index contributed by atoms with van der Waals surface area (Å²) in [7, 11) is 0. The summed E-state index contributed by atoms with van der Waals surface area (Å²) in [6.45, 7) is 11.1. The van der Waals surface area contributed by atoms with Gasteiger partial charge in [0.25, 0.3) is 5.91 Å². The number of ether oxygens (including phenoxy) is 2. The topological polar surface area (TPSA) is 84.6 Å². The summed E-state index contributed by atoms with van der Waals surface area (Å²) in [5, 5.41) is 9.81. The molecular formula is C30H33N3O4. The van der Waals surface area contributed by atoms with Crippen LogP contribution in [0.1, 0.15) is 49.4 Å². The van der Waals surface area contributed by atoms with E-state index in [4.69, 9.17) is 9.47 Å². The van der Waals surface area contributed by atoms with Gasteiger partial charge in [-0.2, -0.15) is 5.26 Å². The van der Waals surface area contributed by atoms with Gasteiger partial charge in [0.15, 0.2) is 0 Å². The summed E-state index contributed by atoms with van der Waals surface area (Å²) < 4.78 is 13.2. The highest BCUT2D eigenvalue weighted by molar-refractivity contribution is 5.99. The van der Waals surface area contributed by atoms with E-state index in [-0.39, 0.29) is 11.5 Å². The van der Waals surface area contributed by atoms with Crippen molar-refractivity contribution >= 4 is 18.0 Å². The van der Waals surface area contributed by atoms with Crippen LogP contribution in [0.4, 0.5) is 0 Å². The monoisotopic (exact) mass is 499 g/mol. The summed E-state index contributed by atoms with van der Waals surface area (Å²) in [6.07, 6.45) is 0.376. The molecule has 0 aliphatic carbocycles. The number of rotatable bonds is 10. The van der Waals surface area contributed by atoms with Gasteiger partial charge >= 0.3 is 5.97 Å². The number of hydrogen-bond donors (Lipinski definition) is 0. The van der Waals surface area contributed by atoms with Gasteiger partial charge in [0.1, 0.15) is 17.4 Å². The van der Waals surface area contributed by atoms with Gasteiger partial charge in [-0.25, -0.2) is 4.79 Å². The molecule has 7 heteroatoms. The fourth-order valence-corrected chi connectivity index (χ4v) is 4.24. The number of likely N-dealkylation sites (N-methyl/N-ethyl adjacent to an activating group) is 1. The molecule has 3 aromatic rings. The number of carbonyl (C=O) groups excluding carboxylic acids is 2. The summed E-state index contributed by atoms with van der Waals surface area (Å²) >= 11 is 0. The highest BCUT2D eigenvalue weighted by Gasteiger charge is 2.29. The van der Waals surface area contributed by atoms with E-state index in [0.717, 1.165) is 22.8 Å². The number of benzene rings is 2. The average molecular weight is 500 g/mol. The van der Waals surface area contributed by atoms with Crippen molar-refractivity contribution in [1.29, 1.82) is 5.26 Å². The molecule has 7 nitrogen and oxygen atoms in total. The third kappa shape index (κ3) is 6.28. The van der Waals surface area contributed by atoms with Crippen molar-refractivity contribution in [3.05, 3.63) is 88.8 Å². The molecule has 1 unspecified atom stereocenters. The lowest BCUT2D eigenvalue weighted by Crippen LogP contribution is -2.36. The number of aryl methyl sites for hydroxylation is 1. The van der Waals surface area contributed by atoms with Crippen molar-refractivity contribution in [1.82, 2.24) is 9.47 Å². The van der Waals surface area contributed by atoms with E-state index in [1.165, 1.54) is 6.08 Å². The lowest BCUT2D eigenvalue weighted by molar-refractivity contribution is -0.157. The van der Waals surface area contributed by atoms with Crippen LogP contribution < -0.4 is 4.74 Å². The number of esters is 1. The van der Waals surface area contributed by atoms with Gasteiger partial charge in [0, 0.05) is 35.7 Å². The number of nitriles is 1. The smallest absolute Gasteiger partial charge is 0.350 e. The van der Waals surface area contributed by atoms with Crippen LogP contribution in [0.2, 0.25) is 0 Å². The summed E-state index contributed by atoms with van der Waals surface area (Å²) in [5.41, 5.74) is 3.83. The largest absolute Gasteiger partial charge is 0.494 e. The van der Waals surface area contributed by atoms with Crippen LogP contribution >= 0.6 is 0 Å². The molecule has 0 aliphatic heterocycles. The molecule has 1 atom stereocenters. The molecule has 2 aromatic carbocycles. The van der Waals surface area contributed by atoms with Crippen LogP contribution in [-0.4, -0.2) is 41.0 Å². The first-order chi connectivity index (χ1) is 17.8. The predicted molar refractivity (Wildman–Crippen MR) is 143 cm³/mol. The minimum absolute atomic E-state index is 0.180. The lowest BCUT2D eigenvalue weighted by Gasteiger charge is -2.25. The van der Waals surface area contributed by atoms with E-state index < -0.39 is 12.1 Å². The molecule has 192 valence electrons. The minimum atomic E-state index is -1.14. The van der Waals surface area contributed by atoms with Crippen molar-refractivity contribution in [3.8, 4) is 17.5 Å². The summed E-state index contributed by atoms with van der Waals surface area (Å²) in [6, 6.07) is 20.4. The van der Waals surface area contributed by atoms with Gasteiger partial charge in [-0.15, -0.1) is 0 Å². The number of amides is 1. The second-order valence-corrected chi connectivity index (χ2v) is 8.47.